The largest absolute Gasteiger partial charge is 0.391 e. The van der Waals surface area contributed by atoms with Crippen LogP contribution in [0, 0.1) is 0 Å². The SMILES string of the molecule is CCCC(O)CNC(=O)CC1CCCO1. The van der Waals surface area contributed by atoms with Crippen LogP contribution < -0.4 is 5.32 Å². The van der Waals surface area contributed by atoms with Gasteiger partial charge in [0.05, 0.1) is 18.6 Å². The summed E-state index contributed by atoms with van der Waals surface area (Å²) >= 11 is 0. The average Bonchev–Trinajstić information content (AvgIpc) is 2.68. The maximum absolute atomic E-state index is 11.4. The summed E-state index contributed by atoms with van der Waals surface area (Å²) in [6, 6.07) is 0. The Kier molecular flexibility index (Phi) is 5.65. The summed E-state index contributed by atoms with van der Waals surface area (Å²) in [6.07, 6.45) is 3.81. The highest BCUT2D eigenvalue weighted by Crippen LogP contribution is 2.14. The number of hydrogen-bond donors (Lipinski definition) is 2. The van der Waals surface area contributed by atoms with E-state index in [2.05, 4.69) is 5.32 Å². The molecular formula is C11H21NO3. The minimum Gasteiger partial charge on any atom is -0.391 e. The molecule has 1 saturated heterocycles. The molecule has 1 rings (SSSR count). The Bertz CT molecular complexity index is 190. The zero-order valence-corrected chi connectivity index (χ0v) is 9.37. The van der Waals surface area contributed by atoms with Gasteiger partial charge in [0.25, 0.3) is 0 Å². The number of amides is 1. The first kappa shape index (κ1) is 12.5. The third kappa shape index (κ3) is 5.14. The summed E-state index contributed by atoms with van der Waals surface area (Å²) in [5, 5.41) is 12.1. The van der Waals surface area contributed by atoms with E-state index in [1.807, 2.05) is 6.92 Å². The molecule has 0 bridgehead atoms. The molecule has 15 heavy (non-hydrogen) atoms. The van der Waals surface area contributed by atoms with Crippen molar-refractivity contribution in [3.05, 3.63) is 0 Å². The Balaban J connectivity index is 2.07. The molecule has 2 unspecified atom stereocenters. The van der Waals surface area contributed by atoms with E-state index in [1.165, 1.54) is 0 Å². The summed E-state index contributed by atoms with van der Waals surface area (Å²) in [7, 11) is 0. The highest BCUT2D eigenvalue weighted by atomic mass is 16.5. The van der Waals surface area contributed by atoms with Gasteiger partial charge in [0.15, 0.2) is 0 Å². The number of carbonyl (C=O) groups is 1. The van der Waals surface area contributed by atoms with E-state index < -0.39 is 6.10 Å². The minimum atomic E-state index is -0.413. The first-order chi connectivity index (χ1) is 7.22. The lowest BCUT2D eigenvalue weighted by molar-refractivity contribution is -0.123. The van der Waals surface area contributed by atoms with Gasteiger partial charge in [-0.2, -0.15) is 0 Å². The lowest BCUT2D eigenvalue weighted by Crippen LogP contribution is -2.33. The van der Waals surface area contributed by atoms with Gasteiger partial charge in [0, 0.05) is 13.2 Å². The second kappa shape index (κ2) is 6.80. The van der Waals surface area contributed by atoms with Gasteiger partial charge in [-0.05, 0) is 19.3 Å². The van der Waals surface area contributed by atoms with Crippen LogP contribution in [0.1, 0.15) is 39.0 Å². The molecule has 2 atom stereocenters. The molecule has 4 heteroatoms. The second-order valence-electron chi connectivity index (χ2n) is 4.09. The second-order valence-corrected chi connectivity index (χ2v) is 4.09. The molecule has 1 fully saturated rings. The molecule has 0 aromatic rings. The molecule has 0 aliphatic carbocycles. The molecule has 1 heterocycles. The molecule has 4 nitrogen and oxygen atoms in total. The van der Waals surface area contributed by atoms with Crippen LogP contribution in [-0.2, 0) is 9.53 Å². The lowest BCUT2D eigenvalue weighted by Gasteiger charge is -2.12. The standard InChI is InChI=1S/C11H21NO3/c1-2-4-9(13)8-12-11(14)7-10-5-3-6-15-10/h9-10,13H,2-8H2,1H3,(H,12,14). The molecule has 1 aliphatic heterocycles. The van der Waals surface area contributed by atoms with Crippen LogP contribution >= 0.6 is 0 Å². The van der Waals surface area contributed by atoms with E-state index in [0.29, 0.717) is 13.0 Å². The molecule has 0 saturated carbocycles. The number of aliphatic hydroxyl groups excluding tert-OH is 1. The monoisotopic (exact) mass is 215 g/mol. The van der Waals surface area contributed by atoms with Gasteiger partial charge in [-0.3, -0.25) is 4.79 Å². The zero-order chi connectivity index (χ0) is 11.1. The number of nitrogens with one attached hydrogen (secondary N) is 1. The van der Waals surface area contributed by atoms with E-state index in [0.717, 1.165) is 32.3 Å². The maximum atomic E-state index is 11.4. The summed E-state index contributed by atoms with van der Waals surface area (Å²) in [5.74, 6) is -0.0166. The lowest BCUT2D eigenvalue weighted by atomic mass is 10.1. The van der Waals surface area contributed by atoms with Crippen molar-refractivity contribution >= 4 is 5.91 Å². The molecule has 1 aliphatic rings. The topological polar surface area (TPSA) is 58.6 Å². The van der Waals surface area contributed by atoms with Crippen molar-refractivity contribution in [3.63, 3.8) is 0 Å². The molecular weight excluding hydrogens is 194 g/mol. The number of aliphatic hydroxyl groups is 1. The fraction of sp³-hybridized carbons (Fsp3) is 0.909. The molecule has 88 valence electrons. The van der Waals surface area contributed by atoms with Gasteiger partial charge < -0.3 is 15.2 Å². The van der Waals surface area contributed by atoms with Crippen molar-refractivity contribution in [3.8, 4) is 0 Å². The van der Waals surface area contributed by atoms with Gasteiger partial charge in [-0.1, -0.05) is 13.3 Å². The highest BCUT2D eigenvalue weighted by Gasteiger charge is 2.19. The first-order valence-corrected chi connectivity index (χ1v) is 5.78. The van der Waals surface area contributed by atoms with Gasteiger partial charge in [0.2, 0.25) is 5.91 Å². The van der Waals surface area contributed by atoms with Crippen LogP contribution in [0.3, 0.4) is 0 Å². The van der Waals surface area contributed by atoms with Crippen LogP contribution in [0.15, 0.2) is 0 Å². The Morgan fingerprint density at radius 1 is 1.67 bits per heavy atom. The van der Waals surface area contributed by atoms with E-state index in [1.54, 1.807) is 0 Å². The van der Waals surface area contributed by atoms with Gasteiger partial charge in [-0.15, -0.1) is 0 Å². The normalized spacial score (nSPS) is 22.7. The van der Waals surface area contributed by atoms with E-state index in [4.69, 9.17) is 4.74 Å². The third-order valence-electron chi connectivity index (χ3n) is 2.59. The fourth-order valence-corrected chi connectivity index (χ4v) is 1.75. The Morgan fingerprint density at radius 3 is 3.07 bits per heavy atom. The summed E-state index contributed by atoms with van der Waals surface area (Å²) in [6.45, 7) is 3.15. The van der Waals surface area contributed by atoms with Crippen LogP contribution in [0.4, 0.5) is 0 Å². The number of rotatable bonds is 6. The van der Waals surface area contributed by atoms with Crippen LogP contribution in [-0.4, -0.2) is 36.4 Å². The number of hydrogen-bond acceptors (Lipinski definition) is 3. The fourth-order valence-electron chi connectivity index (χ4n) is 1.75. The van der Waals surface area contributed by atoms with E-state index >= 15 is 0 Å². The Hall–Kier alpha value is -0.610. The molecule has 0 aromatic carbocycles. The number of ether oxygens (including phenoxy) is 1. The first-order valence-electron chi connectivity index (χ1n) is 5.78. The van der Waals surface area contributed by atoms with Gasteiger partial charge >= 0.3 is 0 Å². The highest BCUT2D eigenvalue weighted by molar-refractivity contribution is 5.76. The third-order valence-corrected chi connectivity index (χ3v) is 2.59. The van der Waals surface area contributed by atoms with Crippen molar-refractivity contribution in [1.82, 2.24) is 5.32 Å². The molecule has 2 N–H and O–H groups in total. The van der Waals surface area contributed by atoms with Gasteiger partial charge in [-0.25, -0.2) is 0 Å². The minimum absolute atomic E-state index is 0.0166. The summed E-state index contributed by atoms with van der Waals surface area (Å²) < 4.78 is 5.35. The Labute approximate surface area is 91.0 Å². The molecule has 0 spiro atoms. The molecule has 0 aromatic heterocycles. The average molecular weight is 215 g/mol. The predicted octanol–water partition coefficient (Wildman–Crippen LogP) is 0.833. The predicted molar refractivity (Wildman–Crippen MR) is 57.5 cm³/mol. The van der Waals surface area contributed by atoms with Crippen molar-refractivity contribution in [2.75, 3.05) is 13.2 Å². The molecule has 0 radical (unpaired) electrons. The van der Waals surface area contributed by atoms with Crippen LogP contribution in [0.2, 0.25) is 0 Å². The van der Waals surface area contributed by atoms with Crippen molar-refractivity contribution in [2.45, 2.75) is 51.2 Å². The smallest absolute Gasteiger partial charge is 0.222 e. The quantitative estimate of drug-likeness (QED) is 0.690. The molecule has 1 amide bonds. The van der Waals surface area contributed by atoms with Gasteiger partial charge in [0.1, 0.15) is 0 Å². The van der Waals surface area contributed by atoms with Crippen LogP contribution in [0.25, 0.3) is 0 Å². The van der Waals surface area contributed by atoms with E-state index in [-0.39, 0.29) is 12.0 Å². The van der Waals surface area contributed by atoms with Crippen LogP contribution in [0.5, 0.6) is 0 Å². The number of carbonyl (C=O) groups excluding carboxylic acids is 1. The van der Waals surface area contributed by atoms with Crippen molar-refractivity contribution < 1.29 is 14.6 Å². The van der Waals surface area contributed by atoms with Crippen molar-refractivity contribution in [1.29, 1.82) is 0 Å². The zero-order valence-electron chi connectivity index (χ0n) is 9.37. The summed E-state index contributed by atoms with van der Waals surface area (Å²) in [4.78, 5) is 11.4. The summed E-state index contributed by atoms with van der Waals surface area (Å²) in [5.41, 5.74) is 0. The maximum Gasteiger partial charge on any atom is 0.222 e. The Morgan fingerprint density at radius 2 is 2.47 bits per heavy atom. The van der Waals surface area contributed by atoms with Crippen molar-refractivity contribution in [2.24, 2.45) is 0 Å². The van der Waals surface area contributed by atoms with E-state index in [9.17, 15) is 9.90 Å².